The lowest BCUT2D eigenvalue weighted by atomic mass is 10.1. The Bertz CT molecular complexity index is 643. The van der Waals surface area contributed by atoms with Crippen molar-refractivity contribution >= 4 is 23.1 Å². The maximum atomic E-state index is 8.91. The smallest absolute Gasteiger partial charge is 0.0670 e. The first-order chi connectivity index (χ1) is 8.81. The summed E-state index contributed by atoms with van der Waals surface area (Å²) in [6.45, 7) is 0. The Morgan fingerprint density at radius 3 is 2.72 bits per heavy atom. The van der Waals surface area contributed by atoms with Gasteiger partial charge in [-0.1, -0.05) is 36.0 Å². The van der Waals surface area contributed by atoms with Gasteiger partial charge in [-0.15, -0.1) is 0 Å². The SMILES string of the molecule is CN1c2ccccc2Sc2c(CC#N)cccc21. The summed E-state index contributed by atoms with van der Waals surface area (Å²) in [5, 5.41) is 8.91. The van der Waals surface area contributed by atoms with Crippen molar-refractivity contribution in [2.24, 2.45) is 0 Å². The first-order valence-corrected chi connectivity index (χ1v) is 6.62. The quantitative estimate of drug-likeness (QED) is 0.768. The van der Waals surface area contributed by atoms with E-state index in [1.165, 1.54) is 21.2 Å². The number of fused-ring (bicyclic) bond motifs is 2. The fraction of sp³-hybridized carbons (Fsp3) is 0.133. The highest BCUT2D eigenvalue weighted by atomic mass is 32.2. The van der Waals surface area contributed by atoms with Gasteiger partial charge < -0.3 is 4.90 Å². The van der Waals surface area contributed by atoms with Gasteiger partial charge in [0.2, 0.25) is 0 Å². The highest BCUT2D eigenvalue weighted by Gasteiger charge is 2.22. The van der Waals surface area contributed by atoms with Crippen LogP contribution in [0.1, 0.15) is 5.56 Å². The molecule has 2 nitrogen and oxygen atoms in total. The lowest BCUT2D eigenvalue weighted by Gasteiger charge is -2.30. The number of para-hydroxylation sites is 1. The highest BCUT2D eigenvalue weighted by Crippen LogP contribution is 2.48. The van der Waals surface area contributed by atoms with E-state index < -0.39 is 0 Å². The Labute approximate surface area is 111 Å². The van der Waals surface area contributed by atoms with E-state index in [0.717, 1.165) is 5.56 Å². The molecule has 0 amide bonds. The van der Waals surface area contributed by atoms with Gasteiger partial charge in [0.25, 0.3) is 0 Å². The van der Waals surface area contributed by atoms with Crippen molar-refractivity contribution in [3.8, 4) is 6.07 Å². The zero-order valence-electron chi connectivity index (χ0n) is 10.1. The van der Waals surface area contributed by atoms with Gasteiger partial charge in [0.15, 0.2) is 0 Å². The number of anilines is 2. The van der Waals surface area contributed by atoms with Crippen molar-refractivity contribution in [3.05, 3.63) is 48.0 Å². The first-order valence-electron chi connectivity index (χ1n) is 5.80. The van der Waals surface area contributed by atoms with Gasteiger partial charge in [-0.3, -0.25) is 0 Å². The molecule has 0 atom stereocenters. The number of benzene rings is 2. The predicted octanol–water partition coefficient (Wildman–Crippen LogP) is 3.99. The van der Waals surface area contributed by atoms with Crippen LogP contribution in [0.3, 0.4) is 0 Å². The molecule has 3 rings (SSSR count). The molecule has 3 heteroatoms. The standard InChI is InChI=1S/C15H12N2S/c1-17-12-6-2-3-8-14(12)18-15-11(9-10-16)5-4-7-13(15)17/h2-8H,9H2,1H3. The molecule has 0 saturated heterocycles. The van der Waals surface area contributed by atoms with Crippen molar-refractivity contribution in [1.82, 2.24) is 0 Å². The second kappa shape index (κ2) is 4.40. The molecule has 0 aromatic heterocycles. The van der Waals surface area contributed by atoms with Crippen LogP contribution < -0.4 is 4.90 Å². The fourth-order valence-corrected chi connectivity index (χ4v) is 3.49. The Hall–Kier alpha value is -1.92. The third-order valence-corrected chi connectivity index (χ3v) is 4.39. The minimum absolute atomic E-state index is 0.464. The van der Waals surface area contributed by atoms with Gasteiger partial charge >= 0.3 is 0 Å². The molecule has 1 heterocycles. The number of nitriles is 1. The summed E-state index contributed by atoms with van der Waals surface area (Å²) in [6.07, 6.45) is 0.464. The van der Waals surface area contributed by atoms with E-state index in [2.05, 4.69) is 48.3 Å². The average molecular weight is 252 g/mol. The molecule has 0 N–H and O–H groups in total. The molecular formula is C15H12N2S. The summed E-state index contributed by atoms with van der Waals surface area (Å²) >= 11 is 1.76. The Balaban J connectivity index is 2.16. The second-order valence-electron chi connectivity index (χ2n) is 4.23. The van der Waals surface area contributed by atoms with E-state index in [4.69, 9.17) is 5.26 Å². The maximum absolute atomic E-state index is 8.91. The van der Waals surface area contributed by atoms with Gasteiger partial charge in [-0.05, 0) is 23.8 Å². The molecule has 1 aliphatic heterocycles. The highest BCUT2D eigenvalue weighted by molar-refractivity contribution is 7.99. The first kappa shape index (κ1) is 11.2. The molecule has 0 saturated carbocycles. The van der Waals surface area contributed by atoms with Crippen LogP contribution in [0.25, 0.3) is 0 Å². The van der Waals surface area contributed by atoms with Gasteiger partial charge in [-0.2, -0.15) is 5.26 Å². The Kier molecular flexibility index (Phi) is 2.73. The summed E-state index contributed by atoms with van der Waals surface area (Å²) < 4.78 is 0. The van der Waals surface area contributed by atoms with Gasteiger partial charge in [0.05, 0.1) is 23.9 Å². The van der Waals surface area contributed by atoms with Crippen molar-refractivity contribution in [1.29, 1.82) is 5.26 Å². The normalized spacial score (nSPS) is 12.6. The van der Waals surface area contributed by atoms with Gasteiger partial charge in [0.1, 0.15) is 0 Å². The van der Waals surface area contributed by atoms with Crippen LogP contribution in [0.5, 0.6) is 0 Å². The number of hydrogen-bond donors (Lipinski definition) is 0. The minimum atomic E-state index is 0.464. The van der Waals surface area contributed by atoms with Crippen LogP contribution in [0.2, 0.25) is 0 Å². The largest absolute Gasteiger partial charge is 0.343 e. The van der Waals surface area contributed by atoms with Crippen LogP contribution in [0.4, 0.5) is 11.4 Å². The summed E-state index contributed by atoms with van der Waals surface area (Å²) in [5.41, 5.74) is 3.52. The third kappa shape index (κ3) is 1.66. The average Bonchev–Trinajstić information content (AvgIpc) is 2.40. The summed E-state index contributed by atoms with van der Waals surface area (Å²) in [6, 6.07) is 16.8. The number of nitrogens with zero attached hydrogens (tertiary/aromatic N) is 2. The lowest BCUT2D eigenvalue weighted by Crippen LogP contribution is -2.15. The van der Waals surface area contributed by atoms with Crippen LogP contribution in [0, 0.1) is 11.3 Å². The molecular weight excluding hydrogens is 240 g/mol. The van der Waals surface area contributed by atoms with Crippen molar-refractivity contribution < 1.29 is 0 Å². The molecule has 88 valence electrons. The van der Waals surface area contributed by atoms with Crippen LogP contribution in [0.15, 0.2) is 52.3 Å². The van der Waals surface area contributed by atoms with Crippen molar-refractivity contribution in [2.75, 3.05) is 11.9 Å². The monoisotopic (exact) mass is 252 g/mol. The third-order valence-electron chi connectivity index (χ3n) is 3.15. The Morgan fingerprint density at radius 2 is 1.89 bits per heavy atom. The molecule has 0 bridgehead atoms. The fourth-order valence-electron chi connectivity index (χ4n) is 2.24. The molecule has 0 spiro atoms. The topological polar surface area (TPSA) is 27.0 Å². The second-order valence-corrected chi connectivity index (χ2v) is 5.28. The number of hydrogen-bond acceptors (Lipinski definition) is 3. The summed E-state index contributed by atoms with van der Waals surface area (Å²) in [7, 11) is 2.08. The van der Waals surface area contributed by atoms with E-state index in [1.54, 1.807) is 11.8 Å². The van der Waals surface area contributed by atoms with Gasteiger partial charge in [-0.25, -0.2) is 0 Å². The predicted molar refractivity (Wildman–Crippen MR) is 74.4 cm³/mol. The van der Waals surface area contributed by atoms with Crippen LogP contribution in [-0.2, 0) is 6.42 Å². The molecule has 18 heavy (non-hydrogen) atoms. The zero-order chi connectivity index (χ0) is 12.5. The molecule has 0 aliphatic carbocycles. The van der Waals surface area contributed by atoms with Crippen LogP contribution in [-0.4, -0.2) is 7.05 Å². The molecule has 2 aromatic rings. The van der Waals surface area contributed by atoms with E-state index in [9.17, 15) is 0 Å². The van der Waals surface area contributed by atoms with Crippen molar-refractivity contribution in [3.63, 3.8) is 0 Å². The molecule has 1 aliphatic rings. The summed E-state index contributed by atoms with van der Waals surface area (Å²) in [5.74, 6) is 0. The minimum Gasteiger partial charge on any atom is -0.343 e. The van der Waals surface area contributed by atoms with E-state index in [-0.39, 0.29) is 0 Å². The molecule has 0 radical (unpaired) electrons. The van der Waals surface area contributed by atoms with E-state index >= 15 is 0 Å². The van der Waals surface area contributed by atoms with E-state index in [0.29, 0.717) is 6.42 Å². The summed E-state index contributed by atoms with van der Waals surface area (Å²) in [4.78, 5) is 4.65. The zero-order valence-corrected chi connectivity index (χ0v) is 10.9. The molecule has 0 unspecified atom stereocenters. The van der Waals surface area contributed by atoms with Crippen LogP contribution >= 0.6 is 11.8 Å². The Morgan fingerprint density at radius 1 is 1.11 bits per heavy atom. The molecule has 0 fully saturated rings. The molecule has 2 aromatic carbocycles. The van der Waals surface area contributed by atoms with Gasteiger partial charge in [0, 0.05) is 16.8 Å². The number of rotatable bonds is 1. The lowest BCUT2D eigenvalue weighted by molar-refractivity contribution is 1.07. The maximum Gasteiger partial charge on any atom is 0.0670 e. The van der Waals surface area contributed by atoms with Crippen molar-refractivity contribution in [2.45, 2.75) is 16.2 Å². The van der Waals surface area contributed by atoms with E-state index in [1.807, 2.05) is 12.1 Å².